The molecule has 0 atom stereocenters. The van der Waals surface area contributed by atoms with Crippen LogP contribution in [0.5, 0.6) is 11.5 Å². The first kappa shape index (κ1) is 25.2. The molecule has 0 aliphatic rings. The molecule has 0 fully saturated rings. The standard InChI is InChI=1S/C28H32N2O6/c1-19(31)29-11-9-21-17-35-27-7-5-23(15-25(21)27)33-13-3-4-14-34-24-6-8-28-26(16-24)22(18-36-28)10-12-30-20(2)32/h5-8,15-18H,3-4,9-14H2,1-2H3,(H,29,31)(H,30,32). The second-order valence-corrected chi connectivity index (χ2v) is 8.71. The molecule has 0 saturated heterocycles. The Labute approximate surface area is 209 Å². The Kier molecular flexibility index (Phi) is 8.49. The lowest BCUT2D eigenvalue weighted by Gasteiger charge is -2.09. The minimum absolute atomic E-state index is 0.0405. The molecule has 8 heteroatoms. The normalized spacial score (nSPS) is 11.1. The van der Waals surface area contributed by atoms with Crippen LogP contribution >= 0.6 is 0 Å². The number of nitrogens with one attached hydrogen (secondary N) is 2. The SMILES string of the molecule is CC(=O)NCCc1coc2ccc(OCCCCOc3ccc4occ(CCNC(C)=O)c4c3)cc12. The first-order chi connectivity index (χ1) is 17.5. The molecule has 8 nitrogen and oxygen atoms in total. The van der Waals surface area contributed by atoms with Crippen molar-refractivity contribution in [1.82, 2.24) is 10.6 Å². The van der Waals surface area contributed by atoms with Crippen LogP contribution in [-0.4, -0.2) is 38.1 Å². The molecule has 4 rings (SSSR count). The third-order valence-corrected chi connectivity index (χ3v) is 5.86. The van der Waals surface area contributed by atoms with Gasteiger partial charge in [-0.1, -0.05) is 0 Å². The molecule has 0 spiro atoms. The minimum atomic E-state index is -0.0405. The Balaban J connectivity index is 1.21. The van der Waals surface area contributed by atoms with Gasteiger partial charge in [-0.2, -0.15) is 0 Å². The average molecular weight is 493 g/mol. The fourth-order valence-electron chi connectivity index (χ4n) is 4.02. The molecule has 0 aliphatic carbocycles. The summed E-state index contributed by atoms with van der Waals surface area (Å²) in [6, 6.07) is 11.6. The van der Waals surface area contributed by atoms with Crippen molar-refractivity contribution in [3.05, 3.63) is 60.1 Å². The van der Waals surface area contributed by atoms with Gasteiger partial charge >= 0.3 is 0 Å². The van der Waals surface area contributed by atoms with Crippen LogP contribution in [0.4, 0.5) is 0 Å². The van der Waals surface area contributed by atoms with E-state index in [4.69, 9.17) is 18.3 Å². The number of carbonyl (C=O) groups excluding carboxylic acids is 2. The van der Waals surface area contributed by atoms with Crippen molar-refractivity contribution >= 4 is 33.8 Å². The van der Waals surface area contributed by atoms with E-state index < -0.39 is 0 Å². The van der Waals surface area contributed by atoms with Gasteiger partial charge in [-0.25, -0.2) is 0 Å². The predicted octanol–water partition coefficient (Wildman–Crippen LogP) is 4.77. The molecule has 4 aromatic rings. The lowest BCUT2D eigenvalue weighted by Crippen LogP contribution is -2.22. The van der Waals surface area contributed by atoms with Gasteiger partial charge in [0.25, 0.3) is 0 Å². The van der Waals surface area contributed by atoms with Crippen LogP contribution in [0.25, 0.3) is 21.9 Å². The highest BCUT2D eigenvalue weighted by Crippen LogP contribution is 2.27. The number of amides is 2. The smallest absolute Gasteiger partial charge is 0.216 e. The lowest BCUT2D eigenvalue weighted by atomic mass is 10.1. The number of unbranched alkanes of at least 4 members (excludes halogenated alkanes) is 1. The molecular weight excluding hydrogens is 460 g/mol. The van der Waals surface area contributed by atoms with Crippen LogP contribution in [0.2, 0.25) is 0 Å². The van der Waals surface area contributed by atoms with Crippen molar-refractivity contribution in [3.63, 3.8) is 0 Å². The molecule has 0 aliphatic heterocycles. The molecular formula is C28H32N2O6. The summed E-state index contributed by atoms with van der Waals surface area (Å²) in [6.45, 7) is 5.33. The van der Waals surface area contributed by atoms with Crippen LogP contribution in [-0.2, 0) is 22.4 Å². The van der Waals surface area contributed by atoms with Crippen molar-refractivity contribution in [1.29, 1.82) is 0 Å². The lowest BCUT2D eigenvalue weighted by molar-refractivity contribution is -0.119. The molecule has 0 radical (unpaired) electrons. The third-order valence-electron chi connectivity index (χ3n) is 5.86. The van der Waals surface area contributed by atoms with Crippen molar-refractivity contribution in [3.8, 4) is 11.5 Å². The zero-order valence-corrected chi connectivity index (χ0v) is 20.7. The summed E-state index contributed by atoms with van der Waals surface area (Å²) >= 11 is 0. The number of fused-ring (bicyclic) bond motifs is 2. The van der Waals surface area contributed by atoms with Crippen molar-refractivity contribution in [2.45, 2.75) is 39.5 Å². The van der Waals surface area contributed by atoms with Gasteiger partial charge < -0.3 is 28.9 Å². The minimum Gasteiger partial charge on any atom is -0.494 e. The Morgan fingerprint density at radius 1 is 0.722 bits per heavy atom. The van der Waals surface area contributed by atoms with E-state index >= 15 is 0 Å². The molecule has 2 amide bonds. The van der Waals surface area contributed by atoms with Gasteiger partial charge in [0.15, 0.2) is 0 Å². The summed E-state index contributed by atoms with van der Waals surface area (Å²) in [5.41, 5.74) is 3.71. The van der Waals surface area contributed by atoms with Crippen LogP contribution in [0, 0.1) is 0 Å². The Morgan fingerprint density at radius 3 is 1.58 bits per heavy atom. The molecule has 0 unspecified atom stereocenters. The molecule has 2 N–H and O–H groups in total. The number of furan rings is 2. The summed E-state index contributed by atoms with van der Waals surface area (Å²) in [6.07, 6.45) is 6.59. The predicted molar refractivity (Wildman–Crippen MR) is 137 cm³/mol. The fraction of sp³-hybridized carbons (Fsp3) is 0.357. The fourth-order valence-corrected chi connectivity index (χ4v) is 4.02. The van der Waals surface area contributed by atoms with Crippen LogP contribution in [0.1, 0.15) is 37.8 Å². The first-order valence-corrected chi connectivity index (χ1v) is 12.2. The summed E-state index contributed by atoms with van der Waals surface area (Å²) in [5.74, 6) is 1.51. The topological polar surface area (TPSA) is 103 Å². The monoisotopic (exact) mass is 492 g/mol. The molecule has 2 aromatic carbocycles. The zero-order valence-electron chi connectivity index (χ0n) is 20.7. The van der Waals surface area contributed by atoms with Crippen molar-refractivity contribution in [2.75, 3.05) is 26.3 Å². The highest BCUT2D eigenvalue weighted by molar-refractivity contribution is 5.83. The number of rotatable bonds is 13. The zero-order chi connectivity index (χ0) is 25.3. The molecule has 190 valence electrons. The van der Waals surface area contributed by atoms with E-state index in [1.165, 1.54) is 13.8 Å². The molecule has 0 bridgehead atoms. The maximum atomic E-state index is 11.1. The molecule has 0 saturated carbocycles. The highest BCUT2D eigenvalue weighted by Gasteiger charge is 2.09. The Morgan fingerprint density at radius 2 is 1.17 bits per heavy atom. The van der Waals surface area contributed by atoms with E-state index in [-0.39, 0.29) is 11.8 Å². The second-order valence-electron chi connectivity index (χ2n) is 8.71. The van der Waals surface area contributed by atoms with E-state index in [9.17, 15) is 9.59 Å². The van der Waals surface area contributed by atoms with Gasteiger partial charge in [-0.05, 0) is 62.1 Å². The van der Waals surface area contributed by atoms with Gasteiger partial charge in [0.2, 0.25) is 11.8 Å². The molecule has 2 aromatic heterocycles. The maximum Gasteiger partial charge on any atom is 0.216 e. The van der Waals surface area contributed by atoms with Gasteiger partial charge in [0.1, 0.15) is 22.7 Å². The Bertz CT molecular complexity index is 1220. The van der Waals surface area contributed by atoms with E-state index in [1.54, 1.807) is 12.5 Å². The highest BCUT2D eigenvalue weighted by atomic mass is 16.5. The average Bonchev–Trinajstić information content (AvgIpc) is 3.44. The molecule has 2 heterocycles. The number of benzene rings is 2. The van der Waals surface area contributed by atoms with Crippen molar-refractivity contribution in [2.24, 2.45) is 0 Å². The van der Waals surface area contributed by atoms with Gasteiger partial charge in [0, 0.05) is 48.8 Å². The quantitative estimate of drug-likeness (QED) is 0.261. The summed E-state index contributed by atoms with van der Waals surface area (Å²) in [4.78, 5) is 22.2. The van der Waals surface area contributed by atoms with E-state index in [2.05, 4.69) is 10.6 Å². The van der Waals surface area contributed by atoms with Gasteiger partial charge in [-0.15, -0.1) is 0 Å². The second kappa shape index (κ2) is 12.2. The number of hydrogen-bond acceptors (Lipinski definition) is 6. The maximum absolute atomic E-state index is 11.1. The summed E-state index contributed by atoms with van der Waals surface area (Å²) in [5, 5.41) is 7.63. The van der Waals surface area contributed by atoms with Crippen LogP contribution in [0.3, 0.4) is 0 Å². The number of carbonyl (C=O) groups is 2. The van der Waals surface area contributed by atoms with Gasteiger partial charge in [0.05, 0.1) is 25.7 Å². The van der Waals surface area contributed by atoms with E-state index in [0.29, 0.717) is 39.1 Å². The summed E-state index contributed by atoms with van der Waals surface area (Å²) < 4.78 is 23.1. The van der Waals surface area contributed by atoms with E-state index in [0.717, 1.165) is 57.4 Å². The first-order valence-electron chi connectivity index (χ1n) is 12.2. The van der Waals surface area contributed by atoms with Crippen molar-refractivity contribution < 1.29 is 27.9 Å². The summed E-state index contributed by atoms with van der Waals surface area (Å²) in [7, 11) is 0. The number of hydrogen-bond donors (Lipinski definition) is 2. The van der Waals surface area contributed by atoms with E-state index in [1.807, 2.05) is 36.4 Å². The van der Waals surface area contributed by atoms with Crippen LogP contribution in [0.15, 0.2) is 57.8 Å². The molecule has 36 heavy (non-hydrogen) atoms. The Hall–Kier alpha value is -3.94. The number of ether oxygens (including phenoxy) is 2. The van der Waals surface area contributed by atoms with Crippen LogP contribution < -0.4 is 20.1 Å². The van der Waals surface area contributed by atoms with Gasteiger partial charge in [-0.3, -0.25) is 9.59 Å². The third kappa shape index (κ3) is 6.81. The largest absolute Gasteiger partial charge is 0.494 e.